The molecule has 2 aromatic rings. The van der Waals surface area contributed by atoms with Gasteiger partial charge in [-0.2, -0.15) is 0 Å². The number of hydrogen-bond acceptors (Lipinski definition) is 4. The normalized spacial score (nSPS) is 12.2. The van der Waals surface area contributed by atoms with Crippen LogP contribution < -0.4 is 10.1 Å². The molecule has 112 valence electrons. The molecular weight excluding hydrogens is 262 g/mol. The Morgan fingerprint density at radius 2 is 1.81 bits per heavy atom. The summed E-state index contributed by atoms with van der Waals surface area (Å²) in [5.74, 6) is 1.68. The minimum Gasteiger partial charge on any atom is -0.496 e. The molecule has 1 aromatic heterocycles. The number of aromatic nitrogens is 2. The highest BCUT2D eigenvalue weighted by atomic mass is 16.5. The predicted octanol–water partition coefficient (Wildman–Crippen LogP) is 3.11. The number of ether oxygens (including phenoxy) is 1. The fraction of sp³-hybridized carbons (Fsp3) is 0.412. The Morgan fingerprint density at radius 3 is 2.38 bits per heavy atom. The molecule has 0 saturated carbocycles. The van der Waals surface area contributed by atoms with Crippen molar-refractivity contribution >= 4 is 0 Å². The largest absolute Gasteiger partial charge is 0.496 e. The maximum atomic E-state index is 5.63. The van der Waals surface area contributed by atoms with Gasteiger partial charge in [-0.15, -0.1) is 0 Å². The van der Waals surface area contributed by atoms with Crippen LogP contribution in [0.5, 0.6) is 5.75 Å². The highest BCUT2D eigenvalue weighted by molar-refractivity contribution is 5.48. The fourth-order valence-electron chi connectivity index (χ4n) is 2.41. The monoisotopic (exact) mass is 285 g/mol. The maximum Gasteiger partial charge on any atom is 0.149 e. The molecular formula is C17H23N3O. The SMILES string of the molecule is CCNC(c1ncc(C)cn1)c1ccc(C)c(C)c1OC. The number of nitrogens with zero attached hydrogens (tertiary/aromatic N) is 2. The van der Waals surface area contributed by atoms with Gasteiger partial charge < -0.3 is 10.1 Å². The van der Waals surface area contributed by atoms with Crippen molar-refractivity contribution in [3.05, 3.63) is 52.6 Å². The molecule has 4 heteroatoms. The number of benzene rings is 1. The molecule has 0 amide bonds. The molecule has 0 fully saturated rings. The number of rotatable bonds is 5. The van der Waals surface area contributed by atoms with E-state index in [-0.39, 0.29) is 6.04 Å². The molecule has 1 heterocycles. The first-order valence-corrected chi connectivity index (χ1v) is 7.24. The molecule has 1 unspecified atom stereocenters. The fourth-order valence-corrected chi connectivity index (χ4v) is 2.41. The first kappa shape index (κ1) is 15.4. The van der Waals surface area contributed by atoms with Crippen molar-refractivity contribution in [3.8, 4) is 5.75 Å². The van der Waals surface area contributed by atoms with E-state index in [0.717, 1.165) is 34.8 Å². The van der Waals surface area contributed by atoms with Crippen LogP contribution in [0, 0.1) is 20.8 Å². The lowest BCUT2D eigenvalue weighted by Crippen LogP contribution is -2.24. The van der Waals surface area contributed by atoms with E-state index >= 15 is 0 Å². The molecule has 0 bridgehead atoms. The van der Waals surface area contributed by atoms with E-state index in [0.29, 0.717) is 0 Å². The molecule has 0 saturated heterocycles. The Balaban J connectivity index is 2.52. The predicted molar refractivity (Wildman–Crippen MR) is 84.8 cm³/mol. The highest BCUT2D eigenvalue weighted by Crippen LogP contribution is 2.32. The van der Waals surface area contributed by atoms with Crippen molar-refractivity contribution in [2.24, 2.45) is 0 Å². The molecule has 1 N–H and O–H groups in total. The van der Waals surface area contributed by atoms with Gasteiger partial charge >= 0.3 is 0 Å². The van der Waals surface area contributed by atoms with Gasteiger partial charge in [0.25, 0.3) is 0 Å². The Kier molecular flexibility index (Phi) is 4.91. The van der Waals surface area contributed by atoms with Gasteiger partial charge in [-0.3, -0.25) is 0 Å². The van der Waals surface area contributed by atoms with E-state index in [4.69, 9.17) is 4.74 Å². The molecule has 21 heavy (non-hydrogen) atoms. The molecule has 2 rings (SSSR count). The molecule has 1 atom stereocenters. The lowest BCUT2D eigenvalue weighted by Gasteiger charge is -2.21. The summed E-state index contributed by atoms with van der Waals surface area (Å²) in [6.07, 6.45) is 3.69. The summed E-state index contributed by atoms with van der Waals surface area (Å²) in [5.41, 5.74) is 4.51. The Morgan fingerprint density at radius 1 is 1.14 bits per heavy atom. The summed E-state index contributed by atoms with van der Waals surface area (Å²) in [7, 11) is 1.71. The van der Waals surface area contributed by atoms with Gasteiger partial charge in [-0.05, 0) is 44.0 Å². The Bertz CT molecular complexity index is 608. The summed E-state index contributed by atoms with van der Waals surface area (Å²) in [5, 5.41) is 3.45. The first-order valence-electron chi connectivity index (χ1n) is 7.24. The zero-order valence-electron chi connectivity index (χ0n) is 13.4. The summed E-state index contributed by atoms with van der Waals surface area (Å²) in [6, 6.07) is 4.15. The van der Waals surface area contributed by atoms with Crippen LogP contribution in [0.1, 0.15) is 41.0 Å². The minimum atomic E-state index is -0.0650. The first-order chi connectivity index (χ1) is 10.1. The van der Waals surface area contributed by atoms with E-state index in [1.54, 1.807) is 7.11 Å². The van der Waals surface area contributed by atoms with Crippen LogP contribution in [0.2, 0.25) is 0 Å². The van der Waals surface area contributed by atoms with Crippen molar-refractivity contribution in [3.63, 3.8) is 0 Å². The molecule has 1 aromatic carbocycles. The van der Waals surface area contributed by atoms with Crippen LogP contribution in [0.3, 0.4) is 0 Å². The standard InChI is InChI=1S/C17H23N3O/c1-6-18-15(17-19-9-11(2)10-20-17)14-8-7-12(3)13(4)16(14)21-5/h7-10,15,18H,6H2,1-5H3. The van der Waals surface area contributed by atoms with E-state index < -0.39 is 0 Å². The Labute approximate surface area is 126 Å². The van der Waals surface area contributed by atoms with Crippen molar-refractivity contribution in [2.45, 2.75) is 33.7 Å². The van der Waals surface area contributed by atoms with Crippen LogP contribution in [0.25, 0.3) is 0 Å². The topological polar surface area (TPSA) is 47.0 Å². The molecule has 0 aliphatic rings. The second-order valence-electron chi connectivity index (χ2n) is 5.24. The van der Waals surface area contributed by atoms with Gasteiger partial charge in [0.2, 0.25) is 0 Å². The van der Waals surface area contributed by atoms with Crippen molar-refractivity contribution < 1.29 is 4.74 Å². The van der Waals surface area contributed by atoms with E-state index in [9.17, 15) is 0 Å². The van der Waals surface area contributed by atoms with Crippen LogP contribution in [0.4, 0.5) is 0 Å². The van der Waals surface area contributed by atoms with Gasteiger partial charge in [0.1, 0.15) is 11.6 Å². The maximum absolute atomic E-state index is 5.63. The van der Waals surface area contributed by atoms with E-state index in [1.165, 1.54) is 5.56 Å². The zero-order chi connectivity index (χ0) is 15.4. The van der Waals surface area contributed by atoms with Gasteiger partial charge in [-0.25, -0.2) is 9.97 Å². The van der Waals surface area contributed by atoms with E-state index in [1.807, 2.05) is 19.3 Å². The quantitative estimate of drug-likeness (QED) is 0.917. The molecule has 0 aliphatic heterocycles. The van der Waals surface area contributed by atoms with Crippen molar-refractivity contribution in [1.82, 2.24) is 15.3 Å². The third-order valence-electron chi connectivity index (χ3n) is 3.69. The summed E-state index contributed by atoms with van der Waals surface area (Å²) in [4.78, 5) is 8.94. The third-order valence-corrected chi connectivity index (χ3v) is 3.69. The molecule has 4 nitrogen and oxygen atoms in total. The van der Waals surface area contributed by atoms with Crippen LogP contribution in [-0.2, 0) is 0 Å². The van der Waals surface area contributed by atoms with Gasteiger partial charge in [-0.1, -0.05) is 19.1 Å². The van der Waals surface area contributed by atoms with Crippen LogP contribution >= 0.6 is 0 Å². The summed E-state index contributed by atoms with van der Waals surface area (Å²) >= 11 is 0. The summed E-state index contributed by atoms with van der Waals surface area (Å²) in [6.45, 7) is 9.07. The number of hydrogen-bond donors (Lipinski definition) is 1. The van der Waals surface area contributed by atoms with Crippen LogP contribution in [0.15, 0.2) is 24.5 Å². The second-order valence-corrected chi connectivity index (χ2v) is 5.24. The molecule has 0 radical (unpaired) electrons. The average molecular weight is 285 g/mol. The average Bonchev–Trinajstić information content (AvgIpc) is 2.49. The lowest BCUT2D eigenvalue weighted by atomic mass is 9.98. The zero-order valence-corrected chi connectivity index (χ0v) is 13.4. The Hall–Kier alpha value is -1.94. The molecule has 0 spiro atoms. The second kappa shape index (κ2) is 6.68. The smallest absolute Gasteiger partial charge is 0.149 e. The molecule has 0 aliphatic carbocycles. The number of aryl methyl sites for hydroxylation is 2. The van der Waals surface area contributed by atoms with Crippen LogP contribution in [-0.4, -0.2) is 23.6 Å². The van der Waals surface area contributed by atoms with Crippen molar-refractivity contribution in [2.75, 3.05) is 13.7 Å². The highest BCUT2D eigenvalue weighted by Gasteiger charge is 2.21. The lowest BCUT2D eigenvalue weighted by molar-refractivity contribution is 0.399. The van der Waals surface area contributed by atoms with Crippen molar-refractivity contribution in [1.29, 1.82) is 0 Å². The van der Waals surface area contributed by atoms with Gasteiger partial charge in [0.05, 0.1) is 13.2 Å². The number of nitrogens with one attached hydrogen (secondary N) is 1. The third kappa shape index (κ3) is 3.22. The number of methoxy groups -OCH3 is 1. The van der Waals surface area contributed by atoms with E-state index in [2.05, 4.69) is 48.2 Å². The summed E-state index contributed by atoms with van der Waals surface area (Å²) < 4.78 is 5.63. The van der Waals surface area contributed by atoms with Gasteiger partial charge in [0.15, 0.2) is 0 Å². The minimum absolute atomic E-state index is 0.0650. The van der Waals surface area contributed by atoms with Gasteiger partial charge in [0, 0.05) is 18.0 Å².